The normalized spacial score (nSPS) is 11.7. The third-order valence-corrected chi connectivity index (χ3v) is 6.12. The maximum Gasteiger partial charge on any atom is 0.306 e. The SMILES string of the molecule is CCN(CC)S(=O)(=O)c1ccc(/C=C/C(=O)Nc2ccc(F)c([N+](=O)[O-])c2)cc1. The Hall–Kier alpha value is -3.11. The van der Waals surface area contributed by atoms with Crippen LogP contribution in [0.3, 0.4) is 0 Å². The van der Waals surface area contributed by atoms with Gasteiger partial charge in [-0.25, -0.2) is 8.42 Å². The summed E-state index contributed by atoms with van der Waals surface area (Å²) in [4.78, 5) is 22.0. The minimum atomic E-state index is -3.56. The second-order valence-electron chi connectivity index (χ2n) is 5.90. The molecule has 0 aromatic heterocycles. The topological polar surface area (TPSA) is 110 Å². The number of amides is 1. The van der Waals surface area contributed by atoms with Crippen LogP contribution in [-0.2, 0) is 14.8 Å². The predicted octanol–water partition coefficient (Wildman–Crippen LogP) is 3.42. The molecule has 0 saturated heterocycles. The van der Waals surface area contributed by atoms with E-state index in [1.807, 2.05) is 0 Å². The van der Waals surface area contributed by atoms with Gasteiger partial charge < -0.3 is 5.32 Å². The molecule has 154 valence electrons. The number of nitro groups is 1. The molecule has 0 spiro atoms. The van der Waals surface area contributed by atoms with Crippen LogP contribution in [0.5, 0.6) is 0 Å². The zero-order valence-corrected chi connectivity index (χ0v) is 16.6. The van der Waals surface area contributed by atoms with E-state index in [-0.39, 0.29) is 10.6 Å². The fourth-order valence-corrected chi connectivity index (χ4v) is 4.01. The molecule has 0 radical (unpaired) electrons. The Balaban J connectivity index is 2.09. The largest absolute Gasteiger partial charge is 0.322 e. The summed E-state index contributed by atoms with van der Waals surface area (Å²) in [5.74, 6) is -1.57. The first-order valence-corrected chi connectivity index (χ1v) is 10.2. The zero-order valence-electron chi connectivity index (χ0n) is 15.8. The molecule has 0 unspecified atom stereocenters. The molecule has 1 amide bonds. The summed E-state index contributed by atoms with van der Waals surface area (Å²) in [6.45, 7) is 4.24. The lowest BCUT2D eigenvalue weighted by atomic mass is 10.2. The molecular weight excluding hydrogens is 401 g/mol. The van der Waals surface area contributed by atoms with Crippen LogP contribution in [0, 0.1) is 15.9 Å². The first-order valence-electron chi connectivity index (χ1n) is 8.72. The van der Waals surface area contributed by atoms with Gasteiger partial charge in [0.15, 0.2) is 0 Å². The number of hydrogen-bond acceptors (Lipinski definition) is 5. The minimum Gasteiger partial charge on any atom is -0.322 e. The van der Waals surface area contributed by atoms with Crippen molar-refractivity contribution in [2.45, 2.75) is 18.7 Å². The maximum absolute atomic E-state index is 13.3. The van der Waals surface area contributed by atoms with Gasteiger partial charge in [-0.15, -0.1) is 0 Å². The average Bonchev–Trinajstić information content (AvgIpc) is 2.68. The van der Waals surface area contributed by atoms with Crippen LogP contribution in [0.25, 0.3) is 6.08 Å². The van der Waals surface area contributed by atoms with Crippen molar-refractivity contribution in [1.29, 1.82) is 0 Å². The molecule has 0 heterocycles. The highest BCUT2D eigenvalue weighted by Crippen LogP contribution is 2.22. The summed E-state index contributed by atoms with van der Waals surface area (Å²) in [5, 5.41) is 13.1. The van der Waals surface area contributed by atoms with Crippen molar-refractivity contribution in [2.75, 3.05) is 18.4 Å². The number of sulfonamides is 1. The molecule has 2 aromatic carbocycles. The van der Waals surface area contributed by atoms with Crippen LogP contribution in [0.2, 0.25) is 0 Å². The summed E-state index contributed by atoms with van der Waals surface area (Å²) < 4.78 is 39.6. The molecule has 2 rings (SSSR count). The average molecular weight is 421 g/mol. The van der Waals surface area contributed by atoms with Gasteiger partial charge in [0.05, 0.1) is 9.82 Å². The standard InChI is InChI=1S/C19H20FN3O5S/c1-3-22(4-2)29(27,28)16-9-5-14(6-10-16)7-12-19(24)21-15-8-11-17(20)18(13-15)23(25)26/h5-13H,3-4H2,1-2H3,(H,21,24)/b12-7+. The van der Waals surface area contributed by atoms with Crippen molar-refractivity contribution in [3.05, 3.63) is 70.0 Å². The van der Waals surface area contributed by atoms with E-state index in [4.69, 9.17) is 0 Å². The Kier molecular flexibility index (Phi) is 7.18. The number of rotatable bonds is 8. The number of nitrogens with zero attached hydrogens (tertiary/aromatic N) is 2. The van der Waals surface area contributed by atoms with Gasteiger partial charge in [0.25, 0.3) is 0 Å². The van der Waals surface area contributed by atoms with E-state index in [0.717, 1.165) is 12.1 Å². The monoisotopic (exact) mass is 421 g/mol. The number of nitrogens with one attached hydrogen (secondary N) is 1. The van der Waals surface area contributed by atoms with Gasteiger partial charge in [-0.05, 0) is 35.9 Å². The second-order valence-corrected chi connectivity index (χ2v) is 7.84. The Morgan fingerprint density at radius 1 is 1.17 bits per heavy atom. The number of hydrogen-bond donors (Lipinski definition) is 1. The van der Waals surface area contributed by atoms with Crippen molar-refractivity contribution < 1.29 is 22.5 Å². The van der Waals surface area contributed by atoms with Crippen LogP contribution in [0.1, 0.15) is 19.4 Å². The lowest BCUT2D eigenvalue weighted by Gasteiger charge is -2.18. The third-order valence-electron chi connectivity index (χ3n) is 4.06. The molecule has 0 bridgehead atoms. The molecule has 8 nitrogen and oxygen atoms in total. The fourth-order valence-electron chi connectivity index (χ4n) is 2.55. The van der Waals surface area contributed by atoms with Gasteiger partial charge in [0.1, 0.15) is 0 Å². The van der Waals surface area contributed by atoms with Crippen molar-refractivity contribution in [2.24, 2.45) is 0 Å². The van der Waals surface area contributed by atoms with Gasteiger partial charge in [0, 0.05) is 30.9 Å². The zero-order chi connectivity index (χ0) is 21.6. The first kappa shape index (κ1) is 22.2. The van der Waals surface area contributed by atoms with Crippen molar-refractivity contribution in [1.82, 2.24) is 4.31 Å². The number of nitro benzene ring substituents is 1. The van der Waals surface area contributed by atoms with E-state index in [0.29, 0.717) is 18.7 Å². The van der Waals surface area contributed by atoms with Gasteiger partial charge in [0.2, 0.25) is 21.7 Å². The van der Waals surface area contributed by atoms with E-state index < -0.39 is 32.4 Å². The predicted molar refractivity (Wildman–Crippen MR) is 107 cm³/mol. The van der Waals surface area contributed by atoms with E-state index in [1.165, 1.54) is 34.7 Å². The Bertz CT molecular complexity index is 1030. The summed E-state index contributed by atoms with van der Waals surface area (Å²) in [5.41, 5.74) is -0.0751. The smallest absolute Gasteiger partial charge is 0.306 e. The highest BCUT2D eigenvalue weighted by Gasteiger charge is 2.21. The van der Waals surface area contributed by atoms with Gasteiger partial charge >= 0.3 is 5.69 Å². The molecule has 10 heteroatoms. The molecule has 2 aromatic rings. The fraction of sp³-hybridized carbons (Fsp3) is 0.211. The number of carbonyl (C=O) groups excluding carboxylic acids is 1. The second kappa shape index (κ2) is 9.39. The van der Waals surface area contributed by atoms with E-state index in [2.05, 4.69) is 5.32 Å². The highest BCUT2D eigenvalue weighted by molar-refractivity contribution is 7.89. The highest BCUT2D eigenvalue weighted by atomic mass is 32.2. The number of anilines is 1. The quantitative estimate of drug-likeness (QED) is 0.399. The van der Waals surface area contributed by atoms with E-state index in [1.54, 1.807) is 26.0 Å². The summed E-state index contributed by atoms with van der Waals surface area (Å²) in [6.07, 6.45) is 2.64. The van der Waals surface area contributed by atoms with Crippen molar-refractivity contribution >= 4 is 33.4 Å². The molecule has 0 aliphatic rings. The maximum atomic E-state index is 13.3. The van der Waals surface area contributed by atoms with Crippen LogP contribution in [0.4, 0.5) is 15.8 Å². The lowest BCUT2D eigenvalue weighted by molar-refractivity contribution is -0.387. The Labute approximate surface area is 167 Å². The molecule has 29 heavy (non-hydrogen) atoms. The minimum absolute atomic E-state index is 0.0772. The van der Waals surface area contributed by atoms with Gasteiger partial charge in [-0.1, -0.05) is 26.0 Å². The van der Waals surface area contributed by atoms with Gasteiger partial charge in [-0.3, -0.25) is 14.9 Å². The molecule has 1 N–H and O–H groups in total. The van der Waals surface area contributed by atoms with Crippen LogP contribution < -0.4 is 5.32 Å². The molecule has 0 aliphatic carbocycles. The molecule has 0 fully saturated rings. The van der Waals surface area contributed by atoms with Gasteiger partial charge in [-0.2, -0.15) is 8.70 Å². The van der Waals surface area contributed by atoms with E-state index in [9.17, 15) is 27.7 Å². The van der Waals surface area contributed by atoms with E-state index >= 15 is 0 Å². The molecule has 0 aliphatic heterocycles. The number of benzene rings is 2. The summed E-state index contributed by atoms with van der Waals surface area (Å²) in [6, 6.07) is 9.05. The first-order chi connectivity index (χ1) is 13.7. The van der Waals surface area contributed by atoms with Crippen LogP contribution in [-0.4, -0.2) is 36.6 Å². The Morgan fingerprint density at radius 2 is 1.79 bits per heavy atom. The number of halogens is 1. The summed E-state index contributed by atoms with van der Waals surface area (Å²) >= 11 is 0. The lowest BCUT2D eigenvalue weighted by Crippen LogP contribution is -2.30. The summed E-state index contributed by atoms with van der Waals surface area (Å²) in [7, 11) is -3.56. The third kappa shape index (κ3) is 5.46. The molecular formula is C19H20FN3O5S. The molecule has 0 saturated carbocycles. The molecule has 0 atom stereocenters. The van der Waals surface area contributed by atoms with Crippen LogP contribution >= 0.6 is 0 Å². The Morgan fingerprint density at radius 3 is 2.34 bits per heavy atom. The van der Waals surface area contributed by atoms with Crippen molar-refractivity contribution in [3.8, 4) is 0 Å². The number of carbonyl (C=O) groups is 1. The van der Waals surface area contributed by atoms with Crippen LogP contribution in [0.15, 0.2) is 53.4 Å². The van der Waals surface area contributed by atoms with Crippen molar-refractivity contribution in [3.63, 3.8) is 0 Å².